The van der Waals surface area contributed by atoms with Crippen molar-refractivity contribution in [3.05, 3.63) is 5.01 Å². The van der Waals surface area contributed by atoms with Crippen LogP contribution < -0.4 is 10.6 Å². The van der Waals surface area contributed by atoms with Crippen molar-refractivity contribution < 1.29 is 4.79 Å². The molecule has 2 rings (SSSR count). The molecule has 5 nitrogen and oxygen atoms in total. The van der Waals surface area contributed by atoms with Crippen LogP contribution >= 0.6 is 11.3 Å². The van der Waals surface area contributed by atoms with Crippen LogP contribution in [0.2, 0.25) is 0 Å². The van der Waals surface area contributed by atoms with Crippen LogP contribution in [0.1, 0.15) is 50.1 Å². The topological polar surface area (TPSA) is 66.9 Å². The van der Waals surface area contributed by atoms with E-state index in [0.29, 0.717) is 17.6 Å². The molecule has 94 valence electrons. The van der Waals surface area contributed by atoms with Gasteiger partial charge in [-0.25, -0.2) is 0 Å². The number of hydrogen-bond donors (Lipinski definition) is 2. The lowest BCUT2D eigenvalue weighted by molar-refractivity contribution is -0.116. The summed E-state index contributed by atoms with van der Waals surface area (Å²) in [5.74, 6) is 0.0360. The van der Waals surface area contributed by atoms with Crippen LogP contribution in [-0.4, -0.2) is 22.6 Å². The Morgan fingerprint density at radius 2 is 2.47 bits per heavy atom. The molecule has 1 atom stereocenters. The SMILES string of the molecule is CCCCC(=O)Nc1nnc(C2CCCN2)s1. The molecule has 2 N–H and O–H groups in total. The van der Waals surface area contributed by atoms with Gasteiger partial charge in [-0.05, 0) is 25.8 Å². The van der Waals surface area contributed by atoms with E-state index in [1.165, 1.54) is 17.8 Å². The van der Waals surface area contributed by atoms with Gasteiger partial charge in [-0.2, -0.15) is 0 Å². The molecule has 0 radical (unpaired) electrons. The third kappa shape index (κ3) is 3.47. The number of unbranched alkanes of at least 4 members (excludes halogenated alkanes) is 1. The second-order valence-corrected chi connectivity index (χ2v) is 5.26. The number of hydrogen-bond acceptors (Lipinski definition) is 5. The summed E-state index contributed by atoms with van der Waals surface area (Å²) in [5.41, 5.74) is 0. The normalized spacial score (nSPS) is 19.5. The Kier molecular flexibility index (Phi) is 4.44. The van der Waals surface area contributed by atoms with Crippen LogP contribution in [0.4, 0.5) is 5.13 Å². The lowest BCUT2D eigenvalue weighted by atomic mass is 10.2. The highest BCUT2D eigenvalue weighted by Crippen LogP contribution is 2.27. The molecular formula is C11H18N4OS. The smallest absolute Gasteiger partial charge is 0.226 e. The van der Waals surface area contributed by atoms with Crippen molar-refractivity contribution in [2.24, 2.45) is 0 Å². The van der Waals surface area contributed by atoms with Gasteiger partial charge in [0.1, 0.15) is 5.01 Å². The van der Waals surface area contributed by atoms with Gasteiger partial charge < -0.3 is 10.6 Å². The highest BCUT2D eigenvalue weighted by molar-refractivity contribution is 7.15. The van der Waals surface area contributed by atoms with Gasteiger partial charge in [0.15, 0.2) is 0 Å². The molecule has 1 unspecified atom stereocenters. The minimum absolute atomic E-state index is 0.0360. The van der Waals surface area contributed by atoms with Gasteiger partial charge in [-0.3, -0.25) is 4.79 Å². The highest BCUT2D eigenvalue weighted by Gasteiger charge is 2.20. The zero-order chi connectivity index (χ0) is 12.1. The molecule has 6 heteroatoms. The molecule has 17 heavy (non-hydrogen) atoms. The van der Waals surface area contributed by atoms with Crippen molar-refractivity contribution >= 4 is 22.4 Å². The van der Waals surface area contributed by atoms with Crippen molar-refractivity contribution in [2.75, 3.05) is 11.9 Å². The van der Waals surface area contributed by atoms with E-state index in [4.69, 9.17) is 0 Å². The molecule has 0 bridgehead atoms. The summed E-state index contributed by atoms with van der Waals surface area (Å²) in [4.78, 5) is 11.5. The standard InChI is InChI=1S/C11H18N4OS/c1-2-3-6-9(16)13-11-15-14-10(17-11)8-5-4-7-12-8/h8,12H,2-7H2,1H3,(H,13,15,16). The first-order chi connectivity index (χ1) is 8.29. The molecule has 0 aromatic carbocycles. The zero-order valence-corrected chi connectivity index (χ0v) is 10.8. The monoisotopic (exact) mass is 254 g/mol. The Morgan fingerprint density at radius 3 is 3.18 bits per heavy atom. The lowest BCUT2D eigenvalue weighted by Crippen LogP contribution is -2.12. The van der Waals surface area contributed by atoms with Crippen molar-refractivity contribution in [2.45, 2.75) is 45.1 Å². The van der Waals surface area contributed by atoms with E-state index in [1.807, 2.05) is 0 Å². The van der Waals surface area contributed by atoms with E-state index < -0.39 is 0 Å². The third-order valence-corrected chi connectivity index (χ3v) is 3.76. The maximum Gasteiger partial charge on any atom is 0.226 e. The van der Waals surface area contributed by atoms with Crippen LogP contribution in [0.15, 0.2) is 0 Å². The summed E-state index contributed by atoms with van der Waals surface area (Å²) < 4.78 is 0. The van der Waals surface area contributed by atoms with E-state index in [1.54, 1.807) is 0 Å². The van der Waals surface area contributed by atoms with Gasteiger partial charge in [-0.1, -0.05) is 24.7 Å². The summed E-state index contributed by atoms with van der Waals surface area (Å²) >= 11 is 1.48. The Bertz CT molecular complexity index is 373. The molecule has 0 aliphatic carbocycles. The highest BCUT2D eigenvalue weighted by atomic mass is 32.1. The average molecular weight is 254 g/mol. The Morgan fingerprint density at radius 1 is 1.59 bits per heavy atom. The quantitative estimate of drug-likeness (QED) is 0.844. The summed E-state index contributed by atoms with van der Waals surface area (Å²) in [5, 5.41) is 15.9. The average Bonchev–Trinajstić information content (AvgIpc) is 2.95. The maximum absolute atomic E-state index is 11.5. The van der Waals surface area contributed by atoms with E-state index >= 15 is 0 Å². The molecule has 0 spiro atoms. The minimum atomic E-state index is 0.0360. The van der Waals surface area contributed by atoms with Crippen LogP contribution in [0, 0.1) is 0 Å². The first kappa shape index (κ1) is 12.4. The van der Waals surface area contributed by atoms with Crippen molar-refractivity contribution in [3.63, 3.8) is 0 Å². The molecular weight excluding hydrogens is 236 g/mol. The fourth-order valence-corrected chi connectivity index (χ4v) is 2.71. The number of anilines is 1. The summed E-state index contributed by atoms with van der Waals surface area (Å²) in [6, 6.07) is 0.328. The van der Waals surface area contributed by atoms with Gasteiger partial charge in [-0.15, -0.1) is 10.2 Å². The van der Waals surface area contributed by atoms with E-state index in [9.17, 15) is 4.79 Å². The number of aromatic nitrogens is 2. The predicted octanol–water partition coefficient (Wildman–Crippen LogP) is 2.09. The molecule has 1 aliphatic heterocycles. The maximum atomic E-state index is 11.5. The van der Waals surface area contributed by atoms with Gasteiger partial charge in [0.05, 0.1) is 6.04 Å². The van der Waals surface area contributed by atoms with E-state index in [-0.39, 0.29) is 5.91 Å². The first-order valence-electron chi connectivity index (χ1n) is 6.16. The summed E-state index contributed by atoms with van der Waals surface area (Å²) in [6.45, 7) is 3.12. The fourth-order valence-electron chi connectivity index (χ4n) is 1.84. The summed E-state index contributed by atoms with van der Waals surface area (Å²) in [7, 11) is 0. The Balaban J connectivity index is 1.87. The molecule has 1 aromatic rings. The van der Waals surface area contributed by atoms with Gasteiger partial charge in [0.25, 0.3) is 0 Å². The van der Waals surface area contributed by atoms with Crippen molar-refractivity contribution in [1.82, 2.24) is 15.5 Å². The number of amides is 1. The largest absolute Gasteiger partial charge is 0.308 e. The molecule has 1 saturated heterocycles. The molecule has 2 heterocycles. The number of rotatable bonds is 5. The van der Waals surface area contributed by atoms with Gasteiger partial charge >= 0.3 is 0 Å². The number of nitrogens with one attached hydrogen (secondary N) is 2. The number of nitrogens with zero attached hydrogens (tertiary/aromatic N) is 2. The van der Waals surface area contributed by atoms with Crippen LogP contribution in [0.25, 0.3) is 0 Å². The van der Waals surface area contributed by atoms with Crippen LogP contribution in [0.5, 0.6) is 0 Å². The van der Waals surface area contributed by atoms with Gasteiger partial charge in [0, 0.05) is 6.42 Å². The second kappa shape index (κ2) is 6.07. The van der Waals surface area contributed by atoms with Crippen molar-refractivity contribution in [3.8, 4) is 0 Å². The summed E-state index contributed by atoms with van der Waals surface area (Å²) in [6.07, 6.45) is 4.80. The molecule has 1 amide bonds. The first-order valence-corrected chi connectivity index (χ1v) is 6.98. The van der Waals surface area contributed by atoms with Gasteiger partial charge in [0.2, 0.25) is 11.0 Å². The molecule has 1 fully saturated rings. The van der Waals surface area contributed by atoms with Crippen molar-refractivity contribution in [1.29, 1.82) is 0 Å². The van der Waals surface area contributed by atoms with E-state index in [2.05, 4.69) is 27.8 Å². The third-order valence-electron chi connectivity index (χ3n) is 2.80. The Labute approximate surface area is 105 Å². The van der Waals surface area contributed by atoms with Crippen LogP contribution in [-0.2, 0) is 4.79 Å². The molecule has 1 aromatic heterocycles. The lowest BCUT2D eigenvalue weighted by Gasteiger charge is -2.03. The number of carbonyl (C=O) groups is 1. The van der Waals surface area contributed by atoms with Crippen LogP contribution in [0.3, 0.4) is 0 Å². The zero-order valence-electron chi connectivity index (χ0n) is 10.0. The predicted molar refractivity (Wildman–Crippen MR) is 68.0 cm³/mol. The van der Waals surface area contributed by atoms with E-state index in [0.717, 1.165) is 30.8 Å². The Hall–Kier alpha value is -1.01. The second-order valence-electron chi connectivity index (χ2n) is 4.25. The fraction of sp³-hybridized carbons (Fsp3) is 0.727. The minimum Gasteiger partial charge on any atom is -0.308 e. The number of carbonyl (C=O) groups excluding carboxylic acids is 1. The molecule has 0 saturated carbocycles. The molecule has 1 aliphatic rings.